The summed E-state index contributed by atoms with van der Waals surface area (Å²) in [5.41, 5.74) is -0.0818. The first-order chi connectivity index (χ1) is 7.23. The number of halogens is 3. The van der Waals surface area contributed by atoms with Crippen molar-refractivity contribution >= 4 is 5.82 Å². The first-order valence-corrected chi connectivity index (χ1v) is 4.98. The predicted molar refractivity (Wildman–Crippen MR) is 57.7 cm³/mol. The molecule has 2 nitrogen and oxygen atoms in total. The van der Waals surface area contributed by atoms with Crippen molar-refractivity contribution in [3.63, 3.8) is 0 Å². The average molecular weight is 232 g/mol. The van der Waals surface area contributed by atoms with Crippen LogP contribution in [0.4, 0.5) is 19.0 Å². The predicted octanol–water partition coefficient (Wildman–Crippen LogP) is 3.29. The molecule has 0 aliphatic carbocycles. The second kappa shape index (κ2) is 4.31. The Hall–Kier alpha value is -1.26. The van der Waals surface area contributed by atoms with E-state index in [1.807, 2.05) is 13.8 Å². The van der Waals surface area contributed by atoms with Gasteiger partial charge in [-0.3, -0.25) is 0 Å². The van der Waals surface area contributed by atoms with Crippen LogP contribution in [0.1, 0.15) is 30.9 Å². The number of rotatable bonds is 2. The number of anilines is 1. The molecule has 0 radical (unpaired) electrons. The van der Waals surface area contributed by atoms with Crippen LogP contribution in [-0.4, -0.2) is 19.1 Å². The Kier molecular flexibility index (Phi) is 3.45. The molecule has 90 valence electrons. The van der Waals surface area contributed by atoms with Crippen LogP contribution in [0.5, 0.6) is 0 Å². The monoisotopic (exact) mass is 232 g/mol. The van der Waals surface area contributed by atoms with Gasteiger partial charge in [0, 0.05) is 20.3 Å². The van der Waals surface area contributed by atoms with Crippen molar-refractivity contribution in [3.05, 3.63) is 23.4 Å². The van der Waals surface area contributed by atoms with E-state index in [1.165, 1.54) is 6.07 Å². The number of pyridine rings is 1. The molecule has 0 unspecified atom stereocenters. The number of alkyl halides is 3. The first-order valence-electron chi connectivity index (χ1n) is 4.98. The Balaban J connectivity index is 3.29. The van der Waals surface area contributed by atoms with Crippen LogP contribution < -0.4 is 4.90 Å². The zero-order valence-electron chi connectivity index (χ0n) is 9.76. The fourth-order valence-electron chi connectivity index (χ4n) is 1.43. The van der Waals surface area contributed by atoms with Gasteiger partial charge in [-0.05, 0) is 17.5 Å². The summed E-state index contributed by atoms with van der Waals surface area (Å²) in [6.45, 7) is 3.70. The van der Waals surface area contributed by atoms with Crippen molar-refractivity contribution in [1.82, 2.24) is 4.98 Å². The number of aromatic nitrogens is 1. The van der Waals surface area contributed by atoms with E-state index >= 15 is 0 Å². The van der Waals surface area contributed by atoms with Gasteiger partial charge in [0.2, 0.25) is 0 Å². The molecule has 1 aromatic heterocycles. The molecule has 1 aromatic rings. The Bertz CT molecular complexity index is 370. The first kappa shape index (κ1) is 12.8. The molecule has 0 atom stereocenters. The van der Waals surface area contributed by atoms with E-state index in [4.69, 9.17) is 0 Å². The van der Waals surface area contributed by atoms with Crippen LogP contribution in [0.25, 0.3) is 0 Å². The molecule has 1 rings (SSSR count). The van der Waals surface area contributed by atoms with Gasteiger partial charge >= 0.3 is 6.18 Å². The molecule has 0 amide bonds. The highest BCUT2D eigenvalue weighted by atomic mass is 19.4. The summed E-state index contributed by atoms with van der Waals surface area (Å²) in [6, 6.07) is 1.17. The topological polar surface area (TPSA) is 16.1 Å². The molecule has 0 fully saturated rings. The Morgan fingerprint density at radius 1 is 1.25 bits per heavy atom. The van der Waals surface area contributed by atoms with Crippen molar-refractivity contribution in [2.24, 2.45) is 0 Å². The maximum atomic E-state index is 12.5. The van der Waals surface area contributed by atoms with Crippen molar-refractivity contribution < 1.29 is 13.2 Å². The minimum absolute atomic E-state index is 0.00667. The molecule has 0 aliphatic rings. The molecule has 5 heteroatoms. The van der Waals surface area contributed by atoms with Gasteiger partial charge in [0.25, 0.3) is 0 Å². The highest BCUT2D eigenvalue weighted by Crippen LogP contribution is 2.33. The molecule has 0 bridgehead atoms. The number of hydrogen-bond acceptors (Lipinski definition) is 2. The summed E-state index contributed by atoms with van der Waals surface area (Å²) in [5.74, 6) is 0.593. The molecule has 0 aromatic carbocycles. The Morgan fingerprint density at radius 3 is 2.19 bits per heavy atom. The zero-order chi connectivity index (χ0) is 12.5. The van der Waals surface area contributed by atoms with E-state index in [0.29, 0.717) is 11.4 Å². The summed E-state index contributed by atoms with van der Waals surface area (Å²) in [7, 11) is 3.53. The molecule has 0 aliphatic heterocycles. The lowest BCUT2D eigenvalue weighted by Gasteiger charge is -2.19. The molecular formula is C11H15F3N2. The largest absolute Gasteiger partial charge is 0.417 e. The van der Waals surface area contributed by atoms with Crippen molar-refractivity contribution in [3.8, 4) is 0 Å². The molecule has 0 N–H and O–H groups in total. The molecule has 0 saturated carbocycles. The normalized spacial score (nSPS) is 12.0. The van der Waals surface area contributed by atoms with Gasteiger partial charge in [-0.1, -0.05) is 13.8 Å². The van der Waals surface area contributed by atoms with Crippen LogP contribution in [0, 0.1) is 0 Å². The minimum atomic E-state index is -4.33. The smallest absolute Gasteiger partial charge is 0.363 e. The summed E-state index contributed by atoms with van der Waals surface area (Å²) >= 11 is 0. The summed E-state index contributed by atoms with van der Waals surface area (Å²) in [4.78, 5) is 5.59. The Morgan fingerprint density at radius 2 is 1.81 bits per heavy atom. The lowest BCUT2D eigenvalue weighted by atomic mass is 10.0. The second-order valence-corrected chi connectivity index (χ2v) is 4.18. The maximum absolute atomic E-state index is 12.5. The molecule has 1 heterocycles. The van der Waals surface area contributed by atoms with Gasteiger partial charge in [-0.2, -0.15) is 13.2 Å². The van der Waals surface area contributed by atoms with Crippen molar-refractivity contribution in [1.29, 1.82) is 0 Å². The molecular weight excluding hydrogens is 217 g/mol. The standard InChI is InChI=1S/C11H15F3N2/c1-7(2)9-5-8(11(12,13)14)6-15-10(9)16(3)4/h5-7H,1-4H3. The summed E-state index contributed by atoms with van der Waals surface area (Å²) in [6.07, 6.45) is -3.46. The minimum Gasteiger partial charge on any atom is -0.363 e. The van der Waals surface area contributed by atoms with Gasteiger partial charge in [0.1, 0.15) is 5.82 Å². The second-order valence-electron chi connectivity index (χ2n) is 4.18. The molecule has 0 spiro atoms. The highest BCUT2D eigenvalue weighted by Gasteiger charge is 2.32. The fraction of sp³-hybridized carbons (Fsp3) is 0.545. The van der Waals surface area contributed by atoms with Gasteiger partial charge in [0.05, 0.1) is 5.56 Å². The molecule has 0 saturated heterocycles. The quantitative estimate of drug-likeness (QED) is 0.777. The number of nitrogens with zero attached hydrogens (tertiary/aromatic N) is 2. The van der Waals surface area contributed by atoms with E-state index in [1.54, 1.807) is 19.0 Å². The summed E-state index contributed by atoms with van der Waals surface area (Å²) < 4.78 is 37.5. The third kappa shape index (κ3) is 2.65. The zero-order valence-corrected chi connectivity index (χ0v) is 9.76. The SMILES string of the molecule is CC(C)c1cc(C(F)(F)F)cnc1N(C)C. The van der Waals surface area contributed by atoms with E-state index in [2.05, 4.69) is 4.98 Å². The van der Waals surface area contributed by atoms with E-state index < -0.39 is 11.7 Å². The van der Waals surface area contributed by atoms with Gasteiger partial charge in [-0.25, -0.2) is 4.98 Å². The number of hydrogen-bond donors (Lipinski definition) is 0. The fourth-order valence-corrected chi connectivity index (χ4v) is 1.43. The van der Waals surface area contributed by atoms with Crippen LogP contribution in [-0.2, 0) is 6.18 Å². The lowest BCUT2D eigenvalue weighted by molar-refractivity contribution is -0.137. The van der Waals surface area contributed by atoms with Gasteiger partial charge in [0.15, 0.2) is 0 Å². The maximum Gasteiger partial charge on any atom is 0.417 e. The van der Waals surface area contributed by atoms with Crippen molar-refractivity contribution in [2.45, 2.75) is 25.9 Å². The third-order valence-corrected chi connectivity index (χ3v) is 2.27. The lowest BCUT2D eigenvalue weighted by Crippen LogP contribution is -2.16. The van der Waals surface area contributed by atoms with E-state index in [9.17, 15) is 13.2 Å². The van der Waals surface area contributed by atoms with Crippen LogP contribution in [0.15, 0.2) is 12.3 Å². The molecule has 16 heavy (non-hydrogen) atoms. The average Bonchev–Trinajstić information content (AvgIpc) is 2.15. The van der Waals surface area contributed by atoms with Gasteiger partial charge < -0.3 is 4.90 Å². The summed E-state index contributed by atoms with van der Waals surface area (Å²) in [5, 5.41) is 0. The van der Waals surface area contributed by atoms with Gasteiger partial charge in [-0.15, -0.1) is 0 Å². The van der Waals surface area contributed by atoms with Crippen LogP contribution >= 0.6 is 0 Å². The van der Waals surface area contributed by atoms with E-state index in [0.717, 1.165) is 6.20 Å². The van der Waals surface area contributed by atoms with Crippen LogP contribution in [0.2, 0.25) is 0 Å². The van der Waals surface area contributed by atoms with E-state index in [-0.39, 0.29) is 5.92 Å². The van der Waals surface area contributed by atoms with Crippen molar-refractivity contribution in [2.75, 3.05) is 19.0 Å². The third-order valence-electron chi connectivity index (χ3n) is 2.27. The van der Waals surface area contributed by atoms with Crippen LogP contribution in [0.3, 0.4) is 0 Å². The highest BCUT2D eigenvalue weighted by molar-refractivity contribution is 5.48. The Labute approximate surface area is 93.1 Å².